The second-order valence-electron chi connectivity index (χ2n) is 7.29. The van der Waals surface area contributed by atoms with Crippen LogP contribution in [-0.4, -0.2) is 26.7 Å². The maximum absolute atomic E-state index is 11.4. The van der Waals surface area contributed by atoms with Gasteiger partial charge < -0.3 is 0 Å². The molecule has 3 rings (SSSR count). The van der Waals surface area contributed by atoms with E-state index in [0.29, 0.717) is 10.9 Å². The Morgan fingerprint density at radius 3 is 2.42 bits per heavy atom. The van der Waals surface area contributed by atoms with E-state index in [1.54, 1.807) is 0 Å². The van der Waals surface area contributed by atoms with Crippen LogP contribution in [0, 0.1) is 26.1 Å². The van der Waals surface area contributed by atoms with Gasteiger partial charge in [-0.3, -0.25) is 20.2 Å². The monoisotopic (exact) mass is 379 g/mol. The van der Waals surface area contributed by atoms with E-state index in [9.17, 15) is 20.2 Å². The van der Waals surface area contributed by atoms with E-state index in [1.165, 1.54) is 62.6 Å². The van der Waals surface area contributed by atoms with Crippen molar-refractivity contribution in [2.75, 3.05) is 6.54 Å². The smallest absolute Gasteiger partial charge is 0.258 e. The van der Waals surface area contributed by atoms with E-state index in [1.807, 2.05) is 0 Å². The fourth-order valence-corrected chi connectivity index (χ4v) is 5.27. The number of hydrogen-bond donors (Lipinski definition) is 0. The van der Waals surface area contributed by atoms with Crippen molar-refractivity contribution in [3.63, 3.8) is 0 Å². The summed E-state index contributed by atoms with van der Waals surface area (Å²) in [7, 11) is 0. The second kappa shape index (κ2) is 8.81. The van der Waals surface area contributed by atoms with Crippen LogP contribution in [0.15, 0.2) is 23.1 Å². The van der Waals surface area contributed by atoms with Crippen molar-refractivity contribution in [3.05, 3.63) is 38.4 Å². The van der Waals surface area contributed by atoms with Gasteiger partial charge in [-0.25, -0.2) is 4.31 Å². The predicted molar refractivity (Wildman–Crippen MR) is 101 cm³/mol. The molecule has 0 bridgehead atoms. The summed E-state index contributed by atoms with van der Waals surface area (Å²) in [6, 6.07) is 4.39. The van der Waals surface area contributed by atoms with Gasteiger partial charge >= 0.3 is 0 Å². The Morgan fingerprint density at radius 1 is 1.00 bits per heavy atom. The molecule has 142 valence electrons. The lowest BCUT2D eigenvalue weighted by atomic mass is 9.83. The van der Waals surface area contributed by atoms with Crippen LogP contribution in [-0.2, 0) is 0 Å². The lowest BCUT2D eigenvalue weighted by Gasteiger charge is -2.37. The summed E-state index contributed by atoms with van der Waals surface area (Å²) in [5.41, 5.74) is -0.412. The van der Waals surface area contributed by atoms with E-state index in [-0.39, 0.29) is 11.4 Å². The molecule has 1 saturated carbocycles. The van der Waals surface area contributed by atoms with Crippen LogP contribution in [0.1, 0.15) is 57.8 Å². The van der Waals surface area contributed by atoms with Gasteiger partial charge in [0.05, 0.1) is 15.9 Å². The lowest BCUT2D eigenvalue weighted by molar-refractivity contribution is -0.396. The third-order valence-electron chi connectivity index (χ3n) is 5.47. The van der Waals surface area contributed by atoms with Gasteiger partial charge in [-0.1, -0.05) is 38.5 Å². The van der Waals surface area contributed by atoms with Crippen LogP contribution in [0.2, 0.25) is 0 Å². The van der Waals surface area contributed by atoms with E-state index in [4.69, 9.17) is 0 Å². The van der Waals surface area contributed by atoms with E-state index >= 15 is 0 Å². The Morgan fingerprint density at radius 2 is 1.73 bits per heavy atom. The molecule has 2 aliphatic rings. The molecule has 1 unspecified atom stereocenters. The van der Waals surface area contributed by atoms with Crippen molar-refractivity contribution in [2.45, 2.75) is 68.7 Å². The summed E-state index contributed by atoms with van der Waals surface area (Å²) in [4.78, 5) is 21.7. The SMILES string of the molecule is O=[N+]([O-])c1ccc(SN2CCCCC2CC2CCCCC2)c([N+](=O)[O-])c1. The van der Waals surface area contributed by atoms with Gasteiger partial charge in [0.25, 0.3) is 11.4 Å². The highest BCUT2D eigenvalue weighted by atomic mass is 32.2. The minimum absolute atomic E-state index is 0.175. The van der Waals surface area contributed by atoms with Gasteiger partial charge in [0, 0.05) is 18.7 Å². The lowest BCUT2D eigenvalue weighted by Crippen LogP contribution is -2.36. The Balaban J connectivity index is 1.74. The standard InChI is InChI=1S/C18H25N3O4S/c22-20(23)16-9-10-18(17(13-16)21(24)25)26-19-11-5-4-8-15(19)12-14-6-2-1-3-7-14/h9-10,13-15H,1-8,11-12H2. The molecule has 0 radical (unpaired) electrons. The molecule has 1 aliphatic carbocycles. The van der Waals surface area contributed by atoms with Crippen LogP contribution in [0.25, 0.3) is 0 Å². The van der Waals surface area contributed by atoms with E-state index < -0.39 is 9.85 Å². The van der Waals surface area contributed by atoms with Gasteiger partial charge in [0.15, 0.2) is 0 Å². The second-order valence-corrected chi connectivity index (χ2v) is 8.38. The van der Waals surface area contributed by atoms with Gasteiger partial charge in [0.1, 0.15) is 4.90 Å². The molecule has 7 nitrogen and oxygen atoms in total. The number of hydrogen-bond acceptors (Lipinski definition) is 6. The molecule has 8 heteroatoms. The molecule has 1 atom stereocenters. The maximum Gasteiger partial charge on any atom is 0.291 e. The molecular weight excluding hydrogens is 354 g/mol. The number of rotatable bonds is 6. The van der Waals surface area contributed by atoms with Gasteiger partial charge in [-0.15, -0.1) is 0 Å². The van der Waals surface area contributed by atoms with Crippen LogP contribution in [0.4, 0.5) is 11.4 Å². The summed E-state index contributed by atoms with van der Waals surface area (Å²) >= 11 is 1.41. The maximum atomic E-state index is 11.4. The van der Waals surface area contributed by atoms with Gasteiger partial charge in [0.2, 0.25) is 0 Å². The quantitative estimate of drug-likeness (QED) is 0.377. The normalized spacial score (nSPS) is 22.2. The summed E-state index contributed by atoms with van der Waals surface area (Å²) in [6.45, 7) is 0.913. The highest BCUT2D eigenvalue weighted by molar-refractivity contribution is 7.97. The highest BCUT2D eigenvalue weighted by Crippen LogP contribution is 2.40. The Hall–Kier alpha value is -1.67. The number of nitro benzene ring substituents is 2. The minimum Gasteiger partial charge on any atom is -0.258 e. The highest BCUT2D eigenvalue weighted by Gasteiger charge is 2.29. The molecule has 0 spiro atoms. The first-order chi connectivity index (χ1) is 12.5. The summed E-state index contributed by atoms with van der Waals surface area (Å²) in [6.07, 6.45) is 11.2. The molecule has 0 aromatic heterocycles. The molecule has 1 aliphatic heterocycles. The third kappa shape index (κ3) is 4.73. The average Bonchev–Trinajstić information content (AvgIpc) is 2.64. The fourth-order valence-electron chi connectivity index (χ4n) is 4.10. The van der Waals surface area contributed by atoms with Crippen LogP contribution in [0.5, 0.6) is 0 Å². The van der Waals surface area contributed by atoms with Crippen LogP contribution in [0.3, 0.4) is 0 Å². The van der Waals surface area contributed by atoms with Crippen molar-refractivity contribution in [1.29, 1.82) is 0 Å². The van der Waals surface area contributed by atoms with Crippen molar-refractivity contribution in [1.82, 2.24) is 4.31 Å². The zero-order valence-corrected chi connectivity index (χ0v) is 15.7. The molecule has 2 fully saturated rings. The molecule has 1 aromatic rings. The minimum atomic E-state index is -0.589. The third-order valence-corrected chi connectivity index (χ3v) is 6.73. The molecule has 1 aromatic carbocycles. The van der Waals surface area contributed by atoms with E-state index in [0.717, 1.165) is 37.8 Å². The fraction of sp³-hybridized carbons (Fsp3) is 0.667. The van der Waals surface area contributed by atoms with E-state index in [2.05, 4.69) is 4.31 Å². The topological polar surface area (TPSA) is 89.5 Å². The molecule has 1 saturated heterocycles. The number of piperidine rings is 1. The first-order valence-corrected chi connectivity index (χ1v) is 10.2. The molecule has 26 heavy (non-hydrogen) atoms. The van der Waals surface area contributed by atoms with Crippen molar-refractivity contribution in [2.24, 2.45) is 5.92 Å². The molecule has 0 amide bonds. The molecule has 1 heterocycles. The molecular formula is C18H25N3O4S. The summed E-state index contributed by atoms with van der Waals surface area (Å²) < 4.78 is 2.28. The average molecular weight is 379 g/mol. The van der Waals surface area contributed by atoms with Crippen molar-refractivity contribution < 1.29 is 9.85 Å². The Bertz CT molecular complexity index is 664. The van der Waals surface area contributed by atoms with Gasteiger partial charge in [-0.05, 0) is 43.2 Å². The predicted octanol–water partition coefficient (Wildman–Crippen LogP) is 5.34. The zero-order valence-electron chi connectivity index (χ0n) is 14.8. The first-order valence-electron chi connectivity index (χ1n) is 9.42. The molecule has 0 N–H and O–H groups in total. The first kappa shape index (κ1) is 19.1. The number of non-ortho nitro benzene ring substituents is 1. The van der Waals surface area contributed by atoms with Crippen molar-refractivity contribution >= 4 is 23.3 Å². The summed E-state index contributed by atoms with van der Waals surface area (Å²) in [5.74, 6) is 0.766. The van der Waals surface area contributed by atoms with Gasteiger partial charge in [-0.2, -0.15) is 0 Å². The Labute approximate surface area is 157 Å². The number of benzene rings is 1. The number of nitro groups is 2. The van der Waals surface area contributed by atoms with Crippen LogP contribution >= 0.6 is 11.9 Å². The Kier molecular flexibility index (Phi) is 6.48. The number of nitrogens with zero attached hydrogens (tertiary/aromatic N) is 3. The summed E-state index contributed by atoms with van der Waals surface area (Å²) in [5, 5.41) is 22.3. The van der Waals surface area contributed by atoms with Crippen LogP contribution < -0.4 is 0 Å². The zero-order chi connectivity index (χ0) is 18.5. The largest absolute Gasteiger partial charge is 0.291 e. The van der Waals surface area contributed by atoms with Crippen molar-refractivity contribution in [3.8, 4) is 0 Å².